The van der Waals surface area contributed by atoms with Gasteiger partial charge >= 0.3 is 131 Å². The van der Waals surface area contributed by atoms with Crippen LogP contribution < -0.4 is 0 Å². The average Bonchev–Trinajstić information content (AvgIpc) is 3.11. The molecule has 0 saturated heterocycles. The van der Waals surface area contributed by atoms with Gasteiger partial charge in [-0.1, -0.05) is 0 Å². The van der Waals surface area contributed by atoms with E-state index in [4.69, 9.17) is 0 Å². The van der Waals surface area contributed by atoms with Gasteiger partial charge in [0.1, 0.15) is 0 Å². The molecule has 0 bridgehead atoms. The van der Waals surface area contributed by atoms with E-state index in [1.807, 2.05) is 6.56 Å². The molecule has 117 valence electrons. The van der Waals surface area contributed by atoms with Gasteiger partial charge in [-0.3, -0.25) is 0 Å². The van der Waals surface area contributed by atoms with Crippen LogP contribution in [0.25, 0.3) is 5.57 Å². The second-order valence-electron chi connectivity index (χ2n) is 5.76. The molecule has 1 aromatic carbocycles. The molecule has 0 aromatic heterocycles. The van der Waals surface area contributed by atoms with Crippen molar-refractivity contribution in [3.63, 3.8) is 0 Å². The second-order valence-corrected chi connectivity index (χ2v) is 25.1. The number of allylic oxidation sites excluding steroid dienone is 8. The van der Waals surface area contributed by atoms with Gasteiger partial charge in [0.05, 0.1) is 0 Å². The van der Waals surface area contributed by atoms with Crippen LogP contribution in [0, 0.1) is 0 Å². The van der Waals surface area contributed by atoms with Crippen molar-refractivity contribution in [3.8, 4) is 0 Å². The van der Waals surface area contributed by atoms with Gasteiger partial charge in [0, 0.05) is 0 Å². The summed E-state index contributed by atoms with van der Waals surface area (Å²) in [6, 6.07) is 11.0. The molecule has 0 atom stereocenters. The summed E-state index contributed by atoms with van der Waals surface area (Å²) in [5.74, 6) is -0.563. The van der Waals surface area contributed by atoms with Crippen molar-refractivity contribution < 1.29 is 20.9 Å². The molecule has 4 heteroatoms. The van der Waals surface area contributed by atoms with Crippen LogP contribution in [0.2, 0.25) is 13.1 Å². The van der Waals surface area contributed by atoms with Gasteiger partial charge in [-0.2, -0.15) is 0 Å². The molecule has 2 aliphatic rings. The number of hydrogen-bond donors (Lipinski definition) is 0. The summed E-state index contributed by atoms with van der Waals surface area (Å²) in [6.45, 7) is 5.14. The quantitative estimate of drug-likeness (QED) is 0.543. The third-order valence-corrected chi connectivity index (χ3v) is 23.3. The van der Waals surface area contributed by atoms with Gasteiger partial charge < -0.3 is 0 Å². The van der Waals surface area contributed by atoms with Crippen molar-refractivity contribution in [3.05, 3.63) is 72.8 Å². The third kappa shape index (κ3) is 4.23. The normalized spacial score (nSPS) is 15.7. The van der Waals surface area contributed by atoms with E-state index >= 15 is 0 Å². The van der Waals surface area contributed by atoms with Gasteiger partial charge in [-0.25, -0.2) is 0 Å². The van der Waals surface area contributed by atoms with Crippen LogP contribution in [0.3, 0.4) is 0 Å². The fourth-order valence-corrected chi connectivity index (χ4v) is 22.7. The molecule has 3 rings (SSSR count). The molecule has 0 amide bonds. The Labute approximate surface area is 155 Å². The maximum atomic E-state index is 2.57. The minimum atomic E-state index is -1.55. The van der Waals surface area contributed by atoms with Crippen LogP contribution in [0.4, 0.5) is 0 Å². The molecule has 0 unspecified atom stereocenters. The van der Waals surface area contributed by atoms with E-state index in [0.29, 0.717) is 0 Å². The van der Waals surface area contributed by atoms with E-state index in [0.717, 1.165) is 0 Å². The Hall–Kier alpha value is -0.140. The van der Waals surface area contributed by atoms with E-state index < -0.39 is 26.8 Å². The van der Waals surface area contributed by atoms with E-state index in [1.54, 1.807) is 5.57 Å². The Morgan fingerprint density at radius 3 is 2.27 bits per heavy atom. The van der Waals surface area contributed by atoms with Gasteiger partial charge in [0.2, 0.25) is 0 Å². The minimum absolute atomic E-state index is 0. The Morgan fingerprint density at radius 1 is 0.955 bits per heavy atom. The molecule has 0 spiro atoms. The van der Waals surface area contributed by atoms with Crippen LogP contribution in [0.15, 0.2) is 67.3 Å². The van der Waals surface area contributed by atoms with Crippen molar-refractivity contribution in [1.29, 1.82) is 0 Å². The van der Waals surface area contributed by atoms with Gasteiger partial charge in [0.15, 0.2) is 0 Å². The molecule has 0 radical (unpaired) electrons. The van der Waals surface area contributed by atoms with Crippen molar-refractivity contribution in [2.24, 2.45) is 0 Å². The molecule has 0 fully saturated rings. The van der Waals surface area contributed by atoms with Gasteiger partial charge in [-0.15, -0.1) is 24.8 Å². The second kappa shape index (κ2) is 9.23. The van der Waals surface area contributed by atoms with Crippen LogP contribution in [-0.2, 0) is 20.9 Å². The van der Waals surface area contributed by atoms with Crippen LogP contribution in [0.1, 0.15) is 18.4 Å². The molecule has 0 nitrogen and oxygen atoms in total. The summed E-state index contributed by atoms with van der Waals surface area (Å²) >= 11 is -1.55. The van der Waals surface area contributed by atoms with E-state index in [2.05, 4.69) is 73.8 Å². The number of rotatable bonds is 4. The van der Waals surface area contributed by atoms with Crippen LogP contribution in [0.5, 0.6) is 0 Å². The topological polar surface area (TPSA) is 0 Å². The zero-order valence-corrected chi connectivity index (χ0v) is 18.3. The van der Waals surface area contributed by atoms with Gasteiger partial charge in [-0.05, 0) is 0 Å². The molecule has 0 heterocycles. The number of benzene rings is 1. The van der Waals surface area contributed by atoms with Crippen molar-refractivity contribution >= 4 is 36.3 Å². The summed E-state index contributed by atoms with van der Waals surface area (Å²) in [5.41, 5.74) is 2.99. The predicted molar refractivity (Wildman–Crippen MR) is 102 cm³/mol. The Morgan fingerprint density at radius 2 is 1.68 bits per heavy atom. The fourth-order valence-electron chi connectivity index (χ4n) is 3.21. The average molecular weight is 430 g/mol. The van der Waals surface area contributed by atoms with Gasteiger partial charge in [0.25, 0.3) is 0 Å². The smallest absolute Gasteiger partial charge is 0.147 e. The molecule has 0 aliphatic heterocycles. The standard InChI is InChI=1S/C11H9.C5H5.C2H7Si.2ClH.Zr/c1-2-6-10(7-3-1)11-8-4-5-9-11;1-2-4-5-3-1;1-3-2;;;/h1-4,6-8H,5H2;1-3H,4H2;3H,1-2H3;2*1H;. The largest absolute Gasteiger partial charge is 0.147 e. The molecule has 1 aromatic rings. The first kappa shape index (κ1) is 19.9. The van der Waals surface area contributed by atoms with Crippen LogP contribution >= 0.6 is 24.8 Å². The first-order chi connectivity index (χ1) is 9.77. The van der Waals surface area contributed by atoms with Crippen LogP contribution in [-0.4, -0.2) is 5.92 Å². The number of hydrogen-bond acceptors (Lipinski definition) is 0. The molecular weight excluding hydrogens is 406 g/mol. The molecular formula is C18H23Cl2SiZr. The maximum absolute atomic E-state index is 2.57. The summed E-state index contributed by atoms with van der Waals surface area (Å²) in [6.07, 6.45) is 14.3. The maximum Gasteiger partial charge on any atom is -0.147 e. The fraction of sp³-hybridized carbons (Fsp3) is 0.222. The predicted octanol–water partition coefficient (Wildman–Crippen LogP) is 5.65. The molecule has 0 N–H and O–H groups in total. The first-order valence-electron chi connectivity index (χ1n) is 7.46. The SMILES string of the molecule is C[SiH](C)[Zr]([C]1=CC=CC1)[C]1=C(c2ccccc2)C=CC1.Cl.Cl. The first-order valence-corrected chi connectivity index (χ1v) is 17.1. The minimum Gasteiger partial charge on any atom is -0.147 e. The Bertz CT molecular complexity index is 615. The van der Waals surface area contributed by atoms with E-state index in [1.165, 1.54) is 18.4 Å². The van der Waals surface area contributed by atoms with Crippen molar-refractivity contribution in [2.75, 3.05) is 0 Å². The van der Waals surface area contributed by atoms with E-state index in [9.17, 15) is 0 Å². The number of halogens is 2. The summed E-state index contributed by atoms with van der Waals surface area (Å²) in [7, 11) is 0. The monoisotopic (exact) mass is 427 g/mol. The molecule has 22 heavy (non-hydrogen) atoms. The van der Waals surface area contributed by atoms with Crippen molar-refractivity contribution in [1.82, 2.24) is 0 Å². The Balaban J connectivity index is 0.00000121. The third-order valence-electron chi connectivity index (χ3n) is 4.04. The molecule has 0 saturated carbocycles. The molecule has 2 aliphatic carbocycles. The Kier molecular flexibility index (Phi) is 8.35. The zero-order valence-electron chi connectivity index (χ0n) is 13.1. The summed E-state index contributed by atoms with van der Waals surface area (Å²) < 4.78 is 3.69. The van der Waals surface area contributed by atoms with E-state index in [-0.39, 0.29) is 24.8 Å². The summed E-state index contributed by atoms with van der Waals surface area (Å²) in [4.78, 5) is 0. The van der Waals surface area contributed by atoms with Crippen molar-refractivity contribution in [2.45, 2.75) is 25.9 Å². The zero-order chi connectivity index (χ0) is 13.9. The summed E-state index contributed by atoms with van der Waals surface area (Å²) in [5, 5.41) is 0.